The number of H-pyrrole nitrogens is 1. The third-order valence-corrected chi connectivity index (χ3v) is 3.96. The van der Waals surface area contributed by atoms with E-state index in [9.17, 15) is 4.79 Å². The SMILES string of the molecule is CCCN1CCN(C(=O)c2cc3ccccc3[nH]2)CC1. The van der Waals surface area contributed by atoms with Crippen LogP contribution in [0.15, 0.2) is 30.3 Å². The van der Waals surface area contributed by atoms with Gasteiger partial charge in [0.25, 0.3) is 5.91 Å². The molecule has 1 aromatic heterocycles. The molecule has 2 heterocycles. The summed E-state index contributed by atoms with van der Waals surface area (Å²) in [5.74, 6) is 0.123. The van der Waals surface area contributed by atoms with E-state index in [-0.39, 0.29) is 5.91 Å². The van der Waals surface area contributed by atoms with Gasteiger partial charge in [-0.2, -0.15) is 0 Å². The Morgan fingerprint density at radius 3 is 2.65 bits per heavy atom. The number of aromatic amines is 1. The molecule has 0 unspecified atom stereocenters. The van der Waals surface area contributed by atoms with E-state index in [1.165, 1.54) is 6.42 Å². The third-order valence-electron chi connectivity index (χ3n) is 3.96. The number of hydrogen-bond acceptors (Lipinski definition) is 2. The number of nitrogens with zero attached hydrogens (tertiary/aromatic N) is 2. The summed E-state index contributed by atoms with van der Waals surface area (Å²) >= 11 is 0. The molecule has 0 bridgehead atoms. The minimum atomic E-state index is 0.123. The van der Waals surface area contributed by atoms with E-state index < -0.39 is 0 Å². The van der Waals surface area contributed by atoms with Gasteiger partial charge in [0.15, 0.2) is 0 Å². The van der Waals surface area contributed by atoms with Crippen molar-refractivity contribution in [2.75, 3.05) is 32.7 Å². The molecule has 0 spiro atoms. The first kappa shape index (κ1) is 13.2. The van der Waals surface area contributed by atoms with Crippen LogP contribution in [0, 0.1) is 0 Å². The molecule has 1 fully saturated rings. The van der Waals surface area contributed by atoms with E-state index in [0.717, 1.165) is 43.6 Å². The number of rotatable bonds is 3. The molecule has 20 heavy (non-hydrogen) atoms. The van der Waals surface area contributed by atoms with Crippen molar-refractivity contribution in [3.63, 3.8) is 0 Å². The van der Waals surface area contributed by atoms with Crippen LogP contribution in [0.3, 0.4) is 0 Å². The van der Waals surface area contributed by atoms with Crippen LogP contribution in [-0.2, 0) is 0 Å². The molecule has 2 aromatic rings. The Morgan fingerprint density at radius 1 is 1.20 bits per heavy atom. The van der Waals surface area contributed by atoms with Crippen molar-refractivity contribution < 1.29 is 4.79 Å². The second kappa shape index (κ2) is 5.67. The van der Waals surface area contributed by atoms with E-state index in [1.807, 2.05) is 35.2 Å². The number of piperazine rings is 1. The van der Waals surface area contributed by atoms with Gasteiger partial charge in [0.2, 0.25) is 0 Å². The van der Waals surface area contributed by atoms with Crippen LogP contribution in [0.1, 0.15) is 23.8 Å². The Hall–Kier alpha value is -1.81. The van der Waals surface area contributed by atoms with Crippen LogP contribution in [0.5, 0.6) is 0 Å². The van der Waals surface area contributed by atoms with Crippen molar-refractivity contribution in [1.29, 1.82) is 0 Å². The van der Waals surface area contributed by atoms with Gasteiger partial charge in [-0.05, 0) is 25.1 Å². The smallest absolute Gasteiger partial charge is 0.270 e. The van der Waals surface area contributed by atoms with Crippen molar-refractivity contribution in [3.05, 3.63) is 36.0 Å². The van der Waals surface area contributed by atoms with E-state index in [4.69, 9.17) is 0 Å². The maximum Gasteiger partial charge on any atom is 0.270 e. The van der Waals surface area contributed by atoms with Crippen LogP contribution in [-0.4, -0.2) is 53.4 Å². The summed E-state index contributed by atoms with van der Waals surface area (Å²) in [4.78, 5) is 20.1. The monoisotopic (exact) mass is 271 g/mol. The third kappa shape index (κ3) is 2.56. The Kier molecular flexibility index (Phi) is 3.74. The predicted octanol–water partition coefficient (Wildman–Crippen LogP) is 2.34. The summed E-state index contributed by atoms with van der Waals surface area (Å²) in [5.41, 5.74) is 1.73. The molecule has 1 aromatic carbocycles. The lowest BCUT2D eigenvalue weighted by Crippen LogP contribution is -2.48. The number of nitrogens with one attached hydrogen (secondary N) is 1. The maximum atomic E-state index is 12.5. The quantitative estimate of drug-likeness (QED) is 0.930. The molecule has 1 amide bonds. The van der Waals surface area contributed by atoms with Gasteiger partial charge in [0, 0.05) is 37.1 Å². The molecule has 1 N–H and O–H groups in total. The van der Waals surface area contributed by atoms with Gasteiger partial charge >= 0.3 is 0 Å². The zero-order chi connectivity index (χ0) is 13.9. The van der Waals surface area contributed by atoms with Gasteiger partial charge in [-0.1, -0.05) is 25.1 Å². The van der Waals surface area contributed by atoms with E-state index in [0.29, 0.717) is 5.69 Å². The second-order valence-electron chi connectivity index (χ2n) is 5.40. The topological polar surface area (TPSA) is 39.3 Å². The Bertz CT molecular complexity index is 564. The Morgan fingerprint density at radius 2 is 1.95 bits per heavy atom. The average molecular weight is 271 g/mol. The van der Waals surface area contributed by atoms with Gasteiger partial charge in [-0.3, -0.25) is 9.69 Å². The molecule has 1 aliphatic rings. The highest BCUT2D eigenvalue weighted by atomic mass is 16.2. The number of hydrogen-bond donors (Lipinski definition) is 1. The number of amides is 1. The van der Waals surface area contributed by atoms with Crippen molar-refractivity contribution in [2.24, 2.45) is 0 Å². The first-order valence-electron chi connectivity index (χ1n) is 7.37. The van der Waals surface area contributed by atoms with Crippen LogP contribution < -0.4 is 0 Å². The molecule has 4 heteroatoms. The summed E-state index contributed by atoms with van der Waals surface area (Å²) in [6.07, 6.45) is 1.18. The fraction of sp³-hybridized carbons (Fsp3) is 0.438. The van der Waals surface area contributed by atoms with Gasteiger partial charge in [0.05, 0.1) is 0 Å². The molecule has 0 saturated carbocycles. The number of carbonyl (C=O) groups is 1. The average Bonchev–Trinajstić information content (AvgIpc) is 2.91. The molecular formula is C16H21N3O. The van der Waals surface area contributed by atoms with Gasteiger partial charge in [-0.25, -0.2) is 0 Å². The molecule has 0 radical (unpaired) electrons. The molecule has 0 atom stereocenters. The molecule has 1 saturated heterocycles. The minimum absolute atomic E-state index is 0.123. The maximum absolute atomic E-state index is 12.5. The summed E-state index contributed by atoms with van der Waals surface area (Å²) in [5, 5.41) is 1.10. The fourth-order valence-corrected chi connectivity index (χ4v) is 2.85. The van der Waals surface area contributed by atoms with Crippen LogP contribution >= 0.6 is 0 Å². The van der Waals surface area contributed by atoms with E-state index in [2.05, 4.69) is 16.8 Å². The molecular weight excluding hydrogens is 250 g/mol. The van der Waals surface area contributed by atoms with Crippen molar-refractivity contribution in [3.8, 4) is 0 Å². The lowest BCUT2D eigenvalue weighted by Gasteiger charge is -2.34. The summed E-state index contributed by atoms with van der Waals surface area (Å²) in [7, 11) is 0. The molecule has 1 aliphatic heterocycles. The van der Waals surface area contributed by atoms with Gasteiger partial charge < -0.3 is 9.88 Å². The van der Waals surface area contributed by atoms with Crippen molar-refractivity contribution in [2.45, 2.75) is 13.3 Å². The standard InChI is InChI=1S/C16H21N3O/c1-2-7-18-8-10-19(11-9-18)16(20)15-12-13-5-3-4-6-14(13)17-15/h3-6,12,17H,2,7-11H2,1H3. The zero-order valence-corrected chi connectivity index (χ0v) is 11.9. The van der Waals surface area contributed by atoms with Crippen LogP contribution in [0.2, 0.25) is 0 Å². The fourth-order valence-electron chi connectivity index (χ4n) is 2.85. The molecule has 4 nitrogen and oxygen atoms in total. The Balaban J connectivity index is 1.70. The number of aromatic nitrogens is 1. The van der Waals surface area contributed by atoms with E-state index in [1.54, 1.807) is 0 Å². The first-order valence-corrected chi connectivity index (χ1v) is 7.37. The Labute approximate surface area is 119 Å². The lowest BCUT2D eigenvalue weighted by atomic mass is 10.2. The van der Waals surface area contributed by atoms with Crippen molar-refractivity contribution in [1.82, 2.24) is 14.8 Å². The normalized spacial score (nSPS) is 16.8. The molecule has 106 valence electrons. The highest BCUT2D eigenvalue weighted by molar-refractivity contribution is 5.98. The predicted molar refractivity (Wildman–Crippen MR) is 80.9 cm³/mol. The number of benzene rings is 1. The highest BCUT2D eigenvalue weighted by Crippen LogP contribution is 2.16. The summed E-state index contributed by atoms with van der Waals surface area (Å²) in [6.45, 7) is 6.96. The summed E-state index contributed by atoms with van der Waals surface area (Å²) in [6, 6.07) is 9.97. The largest absolute Gasteiger partial charge is 0.351 e. The van der Waals surface area contributed by atoms with Crippen LogP contribution in [0.4, 0.5) is 0 Å². The summed E-state index contributed by atoms with van der Waals surface area (Å²) < 4.78 is 0. The van der Waals surface area contributed by atoms with Crippen molar-refractivity contribution >= 4 is 16.8 Å². The second-order valence-corrected chi connectivity index (χ2v) is 5.40. The van der Waals surface area contributed by atoms with Crippen LogP contribution in [0.25, 0.3) is 10.9 Å². The first-order chi connectivity index (χ1) is 9.78. The number of para-hydroxylation sites is 1. The minimum Gasteiger partial charge on any atom is -0.351 e. The molecule has 3 rings (SSSR count). The highest BCUT2D eigenvalue weighted by Gasteiger charge is 2.22. The lowest BCUT2D eigenvalue weighted by molar-refractivity contribution is 0.0632. The zero-order valence-electron chi connectivity index (χ0n) is 11.9. The van der Waals surface area contributed by atoms with Gasteiger partial charge in [-0.15, -0.1) is 0 Å². The van der Waals surface area contributed by atoms with Gasteiger partial charge in [0.1, 0.15) is 5.69 Å². The number of fused-ring (bicyclic) bond motifs is 1. The molecule has 0 aliphatic carbocycles. The van der Waals surface area contributed by atoms with E-state index >= 15 is 0 Å². The number of carbonyl (C=O) groups excluding carboxylic acids is 1.